The van der Waals surface area contributed by atoms with Gasteiger partial charge in [0.25, 0.3) is 0 Å². The number of hydrogen-bond acceptors (Lipinski definition) is 6. The van der Waals surface area contributed by atoms with Crippen LogP contribution in [0.1, 0.15) is 67.8 Å². The number of fused-ring (bicyclic) bond motifs is 8. The van der Waals surface area contributed by atoms with Gasteiger partial charge in [0.05, 0.1) is 0 Å². The van der Waals surface area contributed by atoms with E-state index in [9.17, 15) is 0 Å². The zero-order chi connectivity index (χ0) is 51.3. The van der Waals surface area contributed by atoms with Gasteiger partial charge in [-0.15, -0.1) is 0 Å². The largest absolute Gasteiger partial charge is 0.324 e. The molecule has 2 N–H and O–H groups in total. The summed E-state index contributed by atoms with van der Waals surface area (Å²) < 4.78 is 0. The number of H-pyrrole nitrogens is 2. The molecule has 0 spiro atoms. The summed E-state index contributed by atoms with van der Waals surface area (Å²) in [7, 11) is 0. The van der Waals surface area contributed by atoms with Crippen LogP contribution in [0, 0.1) is 27.7 Å². The molecule has 11 aromatic rings. The van der Waals surface area contributed by atoms with E-state index in [0.717, 1.165) is 111 Å². The monoisotopic (exact) mass is 978 g/mol. The summed E-state index contributed by atoms with van der Waals surface area (Å²) in [6.45, 7) is 8.47. The van der Waals surface area contributed by atoms with E-state index in [4.69, 9.17) is 29.9 Å². The average molecular weight is 979 g/mol. The Balaban J connectivity index is 1.30. The maximum atomic E-state index is 5.72. The van der Waals surface area contributed by atoms with Gasteiger partial charge in [-0.25, -0.2) is 29.9 Å². The highest BCUT2D eigenvalue weighted by molar-refractivity contribution is 6.08. The van der Waals surface area contributed by atoms with Crippen LogP contribution in [0.2, 0.25) is 0 Å². The number of aromatic amines is 2. The van der Waals surface area contributed by atoms with E-state index < -0.39 is 0 Å². The SMILES string of the molecule is Cc1cccc(C2=C(c3ccccc3)c3nc2nc2[nH]c(nc4nc(nc5[nH]c(n3)c(-c3cccc(C)c3)c5-c3ccccc3)C(c3cccc(C)c3)=C4c3ccccc3)c(-c3cccc(C)c3)c2-c2ccccc2)c1. The van der Waals surface area contributed by atoms with Gasteiger partial charge in [-0.05, 0) is 72.2 Å². The second-order valence-electron chi connectivity index (χ2n) is 19.6. The summed E-state index contributed by atoms with van der Waals surface area (Å²) >= 11 is 0. The van der Waals surface area contributed by atoms with Crippen molar-refractivity contribution in [3.63, 3.8) is 0 Å². The van der Waals surface area contributed by atoms with Crippen LogP contribution < -0.4 is 0 Å². The quantitative estimate of drug-likeness (QED) is 0.157. The fourth-order valence-corrected chi connectivity index (χ4v) is 10.7. The van der Waals surface area contributed by atoms with Crippen molar-refractivity contribution in [1.29, 1.82) is 0 Å². The van der Waals surface area contributed by atoms with Crippen LogP contribution in [-0.4, -0.2) is 39.9 Å². The Labute approximate surface area is 441 Å². The van der Waals surface area contributed by atoms with Crippen molar-refractivity contribution in [1.82, 2.24) is 39.9 Å². The first-order chi connectivity index (χ1) is 37.3. The van der Waals surface area contributed by atoms with Crippen LogP contribution in [0.4, 0.5) is 0 Å². The molecular formula is C68H50N8. The minimum absolute atomic E-state index is 0.507. The lowest BCUT2D eigenvalue weighted by Crippen LogP contribution is -1.94. The first-order valence-corrected chi connectivity index (χ1v) is 25.6. The number of aryl methyl sites for hydroxylation is 4. The number of rotatable bonds is 8. The first-order valence-electron chi connectivity index (χ1n) is 25.6. The van der Waals surface area contributed by atoms with Crippen molar-refractivity contribution < 1.29 is 0 Å². The molecule has 5 heterocycles. The molecule has 13 rings (SSSR count). The zero-order valence-corrected chi connectivity index (χ0v) is 42.5. The normalized spacial score (nSPS) is 12.4. The van der Waals surface area contributed by atoms with Gasteiger partial charge in [-0.2, -0.15) is 0 Å². The lowest BCUT2D eigenvalue weighted by atomic mass is 9.94. The molecule has 8 aromatic carbocycles. The Hall–Kier alpha value is -9.92. The molecule has 362 valence electrons. The number of aromatic nitrogens is 8. The van der Waals surface area contributed by atoms with Gasteiger partial charge < -0.3 is 9.97 Å². The summed E-state index contributed by atoms with van der Waals surface area (Å²) in [6, 6.07) is 75.9. The van der Waals surface area contributed by atoms with E-state index in [2.05, 4.69) is 232 Å². The molecule has 0 amide bonds. The van der Waals surface area contributed by atoms with Gasteiger partial charge in [0.15, 0.2) is 23.3 Å². The Bertz CT molecular complexity index is 4020. The molecule has 8 bridgehead atoms. The molecule has 0 atom stereocenters. The average Bonchev–Trinajstić information content (AvgIpc) is 4.24. The lowest BCUT2D eigenvalue weighted by molar-refractivity contribution is 1.10. The van der Waals surface area contributed by atoms with Crippen LogP contribution in [-0.2, 0) is 0 Å². The van der Waals surface area contributed by atoms with Gasteiger partial charge >= 0.3 is 0 Å². The fraction of sp³-hybridized carbons (Fsp3) is 0.0588. The van der Waals surface area contributed by atoms with Crippen molar-refractivity contribution in [2.24, 2.45) is 0 Å². The number of nitrogens with zero attached hydrogens (tertiary/aromatic N) is 6. The van der Waals surface area contributed by atoms with Crippen LogP contribution in [0.3, 0.4) is 0 Å². The fourth-order valence-electron chi connectivity index (χ4n) is 10.7. The first kappa shape index (κ1) is 45.9. The van der Waals surface area contributed by atoms with E-state index in [1.807, 2.05) is 24.3 Å². The maximum Gasteiger partial charge on any atom is 0.165 e. The van der Waals surface area contributed by atoms with Gasteiger partial charge in [0.2, 0.25) is 0 Å². The number of nitrogens with one attached hydrogen (secondary N) is 2. The Morgan fingerprint density at radius 3 is 0.763 bits per heavy atom. The molecular weight excluding hydrogens is 929 g/mol. The van der Waals surface area contributed by atoms with Crippen molar-refractivity contribution in [3.05, 3.63) is 286 Å². The highest BCUT2D eigenvalue weighted by Crippen LogP contribution is 2.45. The second kappa shape index (κ2) is 19.2. The predicted molar refractivity (Wildman–Crippen MR) is 309 cm³/mol. The summed E-state index contributed by atoms with van der Waals surface area (Å²) in [5, 5.41) is 0. The second-order valence-corrected chi connectivity index (χ2v) is 19.6. The standard InChI is InChI=1S/C68H50N8/c1-41-21-17-33-49(37-41)57-53(45-25-9-5-10-26-45)61-69-65(57)73-62-54(46-27-11-6-12-28-46)58(50-34-18-22-42(2)38-50)67(70-62)75-64-56(48-31-15-8-16-32-48)60(52-36-20-24-44(4)40-52)68(72-64)76-63-55(47-29-13-7-14-30-47)59(66(71-63)74-61)51-35-19-23-43(3)39-51/h5-40H,1-4H3,(H2,69,70,71,72,73,74,75,76). The third-order valence-corrected chi connectivity index (χ3v) is 14.1. The highest BCUT2D eigenvalue weighted by atomic mass is 15.1. The van der Waals surface area contributed by atoms with Crippen LogP contribution in [0.25, 0.3) is 89.4 Å². The van der Waals surface area contributed by atoms with Gasteiger partial charge in [-0.1, -0.05) is 241 Å². The minimum Gasteiger partial charge on any atom is -0.324 e. The predicted octanol–water partition coefficient (Wildman–Crippen LogP) is 15.8. The zero-order valence-electron chi connectivity index (χ0n) is 42.5. The van der Waals surface area contributed by atoms with Crippen molar-refractivity contribution in [2.45, 2.75) is 27.7 Å². The van der Waals surface area contributed by atoms with E-state index >= 15 is 0 Å². The Morgan fingerprint density at radius 1 is 0.224 bits per heavy atom. The highest BCUT2D eigenvalue weighted by Gasteiger charge is 2.31. The molecule has 8 heteroatoms. The molecule has 0 saturated carbocycles. The van der Waals surface area contributed by atoms with Crippen molar-refractivity contribution in [3.8, 4) is 44.5 Å². The summed E-state index contributed by atoms with van der Waals surface area (Å²) in [5.74, 6) is 2.03. The van der Waals surface area contributed by atoms with Crippen molar-refractivity contribution >= 4 is 44.9 Å². The Kier molecular flexibility index (Phi) is 11.6. The molecule has 0 aliphatic carbocycles. The molecule has 3 aromatic heterocycles. The van der Waals surface area contributed by atoms with E-state index in [0.29, 0.717) is 45.9 Å². The molecule has 8 nitrogen and oxygen atoms in total. The Morgan fingerprint density at radius 2 is 0.461 bits per heavy atom. The number of hydrogen-bond donors (Lipinski definition) is 2. The number of benzene rings is 8. The molecule has 2 aliphatic heterocycles. The van der Waals surface area contributed by atoms with Crippen LogP contribution in [0.5, 0.6) is 0 Å². The topological polar surface area (TPSA) is 109 Å². The van der Waals surface area contributed by atoms with Crippen LogP contribution >= 0.6 is 0 Å². The smallest absolute Gasteiger partial charge is 0.165 e. The summed E-state index contributed by atoms with van der Waals surface area (Å²) in [6.07, 6.45) is 0. The van der Waals surface area contributed by atoms with Gasteiger partial charge in [-0.3, -0.25) is 0 Å². The molecule has 2 aliphatic rings. The van der Waals surface area contributed by atoms with Crippen LogP contribution in [0.15, 0.2) is 218 Å². The molecule has 0 unspecified atom stereocenters. The third kappa shape index (κ3) is 8.41. The summed E-state index contributed by atoms with van der Waals surface area (Å²) in [5.41, 5.74) is 21.5. The summed E-state index contributed by atoms with van der Waals surface area (Å²) in [4.78, 5) is 41.7. The van der Waals surface area contributed by atoms with Crippen molar-refractivity contribution in [2.75, 3.05) is 0 Å². The lowest BCUT2D eigenvalue weighted by Gasteiger charge is -2.10. The molecule has 0 radical (unpaired) electrons. The van der Waals surface area contributed by atoms with Gasteiger partial charge in [0, 0.05) is 44.5 Å². The molecule has 0 saturated heterocycles. The van der Waals surface area contributed by atoms with Gasteiger partial charge in [0.1, 0.15) is 22.6 Å². The molecule has 0 fully saturated rings. The van der Waals surface area contributed by atoms with E-state index in [1.165, 1.54) is 0 Å². The molecule has 76 heavy (non-hydrogen) atoms. The van der Waals surface area contributed by atoms with E-state index in [1.54, 1.807) is 0 Å². The van der Waals surface area contributed by atoms with E-state index in [-0.39, 0.29) is 0 Å². The third-order valence-electron chi connectivity index (χ3n) is 14.1. The minimum atomic E-state index is 0.507. The maximum absolute atomic E-state index is 5.72.